The van der Waals surface area contributed by atoms with Crippen LogP contribution in [0.2, 0.25) is 0 Å². The van der Waals surface area contributed by atoms with Crippen molar-refractivity contribution in [2.45, 2.75) is 26.2 Å². The number of aryl methyl sites for hydroxylation is 2. The van der Waals surface area contributed by atoms with Crippen LogP contribution in [0.15, 0.2) is 48.5 Å². The van der Waals surface area contributed by atoms with Crippen molar-refractivity contribution in [3.05, 3.63) is 76.7 Å². The van der Waals surface area contributed by atoms with E-state index in [1.54, 1.807) is 12.1 Å². The average molecular weight is 391 g/mol. The van der Waals surface area contributed by atoms with Crippen LogP contribution >= 0.6 is 0 Å². The highest BCUT2D eigenvalue weighted by atomic mass is 19.1. The Balaban J connectivity index is 1.57. The number of nitrogens with one attached hydrogen (secondary N) is 1. The Kier molecular flexibility index (Phi) is 6.25. The first-order chi connectivity index (χ1) is 14.0. The largest absolute Gasteiger partial charge is 0.382 e. The summed E-state index contributed by atoms with van der Waals surface area (Å²) in [5, 5.41) is 16.7. The van der Waals surface area contributed by atoms with Gasteiger partial charge in [-0.2, -0.15) is 10.4 Å². The Morgan fingerprint density at radius 1 is 1.21 bits per heavy atom. The molecule has 0 spiro atoms. The highest BCUT2D eigenvalue weighted by Gasteiger charge is 2.16. The number of nitrogen functional groups attached to an aromatic ring is 1. The van der Waals surface area contributed by atoms with Crippen LogP contribution in [0, 0.1) is 24.1 Å². The molecule has 0 saturated heterocycles. The summed E-state index contributed by atoms with van der Waals surface area (Å²) in [5.41, 5.74) is 9.61. The monoisotopic (exact) mass is 391 g/mol. The molecular weight excluding hydrogens is 369 g/mol. The molecule has 0 saturated carbocycles. The minimum absolute atomic E-state index is 0.0503. The van der Waals surface area contributed by atoms with Crippen molar-refractivity contribution >= 4 is 11.7 Å². The summed E-state index contributed by atoms with van der Waals surface area (Å²) in [4.78, 5) is 12.1. The molecule has 3 aromatic rings. The van der Waals surface area contributed by atoms with E-state index in [0.717, 1.165) is 11.1 Å². The maximum Gasteiger partial charge on any atom is 0.224 e. The highest BCUT2D eigenvalue weighted by molar-refractivity contribution is 5.78. The number of aromatic nitrogens is 2. The maximum atomic E-state index is 13.1. The van der Waals surface area contributed by atoms with Gasteiger partial charge in [-0.3, -0.25) is 4.79 Å². The number of benzene rings is 2. The van der Waals surface area contributed by atoms with Gasteiger partial charge in [0.25, 0.3) is 0 Å². The predicted molar refractivity (Wildman–Crippen MR) is 109 cm³/mol. The lowest BCUT2D eigenvalue weighted by atomic mass is 10.1. The second kappa shape index (κ2) is 9.02. The van der Waals surface area contributed by atoms with E-state index in [1.165, 1.54) is 16.8 Å². The number of anilines is 1. The zero-order valence-corrected chi connectivity index (χ0v) is 16.2. The van der Waals surface area contributed by atoms with Crippen molar-refractivity contribution in [1.29, 1.82) is 5.26 Å². The van der Waals surface area contributed by atoms with E-state index in [-0.39, 0.29) is 17.5 Å². The van der Waals surface area contributed by atoms with Gasteiger partial charge in [-0.15, -0.1) is 0 Å². The summed E-state index contributed by atoms with van der Waals surface area (Å²) in [6.07, 6.45) is 1.44. The van der Waals surface area contributed by atoms with Crippen molar-refractivity contribution in [2.75, 3.05) is 12.3 Å². The molecule has 0 unspecified atom stereocenters. The van der Waals surface area contributed by atoms with Gasteiger partial charge in [-0.1, -0.05) is 29.8 Å². The third kappa shape index (κ3) is 4.99. The first kappa shape index (κ1) is 20.1. The smallest absolute Gasteiger partial charge is 0.224 e. The fourth-order valence-corrected chi connectivity index (χ4v) is 2.99. The van der Waals surface area contributed by atoms with Gasteiger partial charge in [0, 0.05) is 6.54 Å². The molecule has 0 aliphatic carbocycles. The number of nitrogens with two attached hydrogens (primary N) is 1. The molecule has 0 atom stereocenters. The Bertz CT molecular complexity index is 1030. The fraction of sp³-hybridized carbons (Fsp3) is 0.227. The SMILES string of the molecule is Cc1ccc(CC(=O)NCCCc2nn(-c3ccc(F)cc3)c(N)c2C#N)cc1. The number of nitriles is 1. The standard InChI is InChI=1S/C22H22FN5O/c1-15-4-6-16(7-5-15)13-21(29)26-12-2-3-20-19(14-24)22(25)28(27-20)18-10-8-17(23)9-11-18/h4-11H,2-3,12-13,25H2,1H3,(H,26,29). The molecule has 1 aromatic heterocycles. The Hall–Kier alpha value is -3.66. The maximum absolute atomic E-state index is 13.1. The number of rotatable bonds is 7. The summed E-state index contributed by atoms with van der Waals surface area (Å²) in [5.74, 6) is -0.190. The van der Waals surface area contributed by atoms with Crippen LogP contribution in [0.3, 0.4) is 0 Å². The van der Waals surface area contributed by atoms with Crippen molar-refractivity contribution in [2.24, 2.45) is 0 Å². The van der Waals surface area contributed by atoms with E-state index in [0.29, 0.717) is 42.8 Å². The summed E-state index contributed by atoms with van der Waals surface area (Å²) in [7, 11) is 0. The first-order valence-corrected chi connectivity index (χ1v) is 9.33. The van der Waals surface area contributed by atoms with Gasteiger partial charge in [0.1, 0.15) is 23.3 Å². The van der Waals surface area contributed by atoms with Gasteiger partial charge < -0.3 is 11.1 Å². The second-order valence-electron chi connectivity index (χ2n) is 6.82. The molecule has 2 aromatic carbocycles. The molecule has 7 heteroatoms. The molecule has 0 aliphatic heterocycles. The minimum atomic E-state index is -0.360. The van der Waals surface area contributed by atoms with Gasteiger partial charge in [-0.25, -0.2) is 9.07 Å². The number of carbonyl (C=O) groups excluding carboxylic acids is 1. The van der Waals surface area contributed by atoms with Gasteiger partial charge >= 0.3 is 0 Å². The molecule has 1 heterocycles. The molecule has 3 N–H and O–H groups in total. The van der Waals surface area contributed by atoms with Crippen molar-refractivity contribution in [3.63, 3.8) is 0 Å². The first-order valence-electron chi connectivity index (χ1n) is 9.33. The number of hydrogen-bond acceptors (Lipinski definition) is 4. The van der Waals surface area contributed by atoms with E-state index in [1.807, 2.05) is 31.2 Å². The second-order valence-corrected chi connectivity index (χ2v) is 6.82. The van der Waals surface area contributed by atoms with Gasteiger partial charge in [-0.05, 0) is 49.6 Å². The zero-order chi connectivity index (χ0) is 20.8. The average Bonchev–Trinajstić information content (AvgIpc) is 3.03. The number of hydrogen-bond donors (Lipinski definition) is 2. The van der Waals surface area contributed by atoms with Crippen LogP contribution in [0.4, 0.5) is 10.2 Å². The number of halogens is 1. The Morgan fingerprint density at radius 2 is 1.90 bits per heavy atom. The van der Waals surface area contributed by atoms with Crippen LogP contribution in [-0.4, -0.2) is 22.2 Å². The topological polar surface area (TPSA) is 96.7 Å². The lowest BCUT2D eigenvalue weighted by Gasteiger charge is -2.05. The van der Waals surface area contributed by atoms with Crippen molar-refractivity contribution in [3.8, 4) is 11.8 Å². The minimum Gasteiger partial charge on any atom is -0.382 e. The summed E-state index contributed by atoms with van der Waals surface area (Å²) < 4.78 is 14.6. The molecule has 0 aliphatic rings. The Morgan fingerprint density at radius 3 is 2.55 bits per heavy atom. The molecule has 0 radical (unpaired) electrons. The summed E-state index contributed by atoms with van der Waals surface area (Å²) in [6.45, 7) is 2.47. The molecular formula is C22H22FN5O. The fourth-order valence-electron chi connectivity index (χ4n) is 2.99. The van der Waals surface area contributed by atoms with Gasteiger partial charge in [0.2, 0.25) is 5.91 Å². The molecule has 0 bridgehead atoms. The zero-order valence-electron chi connectivity index (χ0n) is 16.2. The Labute approximate surface area is 168 Å². The lowest BCUT2D eigenvalue weighted by molar-refractivity contribution is -0.120. The van der Waals surface area contributed by atoms with E-state index in [2.05, 4.69) is 16.5 Å². The van der Waals surface area contributed by atoms with E-state index >= 15 is 0 Å². The van der Waals surface area contributed by atoms with Gasteiger partial charge in [0.05, 0.1) is 17.8 Å². The van der Waals surface area contributed by atoms with E-state index < -0.39 is 0 Å². The molecule has 6 nitrogen and oxygen atoms in total. The lowest BCUT2D eigenvalue weighted by Crippen LogP contribution is -2.26. The molecule has 148 valence electrons. The summed E-state index contributed by atoms with van der Waals surface area (Å²) in [6, 6.07) is 15.7. The van der Waals surface area contributed by atoms with Gasteiger partial charge in [0.15, 0.2) is 0 Å². The van der Waals surface area contributed by atoms with Crippen LogP contribution in [0.25, 0.3) is 5.69 Å². The number of nitrogens with zero attached hydrogens (tertiary/aromatic N) is 3. The van der Waals surface area contributed by atoms with Crippen LogP contribution < -0.4 is 11.1 Å². The van der Waals surface area contributed by atoms with Crippen LogP contribution in [0.5, 0.6) is 0 Å². The molecule has 0 fully saturated rings. The normalized spacial score (nSPS) is 10.5. The third-order valence-corrected chi connectivity index (χ3v) is 4.57. The van der Waals surface area contributed by atoms with Crippen molar-refractivity contribution < 1.29 is 9.18 Å². The summed E-state index contributed by atoms with van der Waals surface area (Å²) >= 11 is 0. The molecule has 1 amide bonds. The molecule has 29 heavy (non-hydrogen) atoms. The number of carbonyl (C=O) groups is 1. The predicted octanol–water partition coefficient (Wildman–Crippen LogP) is 3.07. The highest BCUT2D eigenvalue weighted by Crippen LogP contribution is 2.21. The van der Waals surface area contributed by atoms with E-state index in [9.17, 15) is 14.4 Å². The quantitative estimate of drug-likeness (QED) is 0.605. The molecule has 3 rings (SSSR count). The van der Waals surface area contributed by atoms with Crippen LogP contribution in [-0.2, 0) is 17.6 Å². The van der Waals surface area contributed by atoms with E-state index in [4.69, 9.17) is 5.73 Å². The number of amides is 1. The van der Waals surface area contributed by atoms with Crippen molar-refractivity contribution in [1.82, 2.24) is 15.1 Å². The van der Waals surface area contributed by atoms with Crippen LogP contribution in [0.1, 0.15) is 28.8 Å². The third-order valence-electron chi connectivity index (χ3n) is 4.57.